The molecule has 2 amide bonds. The Balaban J connectivity index is 0.000000148. The van der Waals surface area contributed by atoms with Crippen LogP contribution >= 0.6 is 0 Å². The van der Waals surface area contributed by atoms with Gasteiger partial charge < -0.3 is 30.7 Å². The molecule has 0 saturated heterocycles. The van der Waals surface area contributed by atoms with Crippen molar-refractivity contribution in [1.29, 1.82) is 0 Å². The molecule has 3 fully saturated rings. The van der Waals surface area contributed by atoms with E-state index in [1.165, 1.54) is 36.8 Å². The maximum atomic E-state index is 12.6. The number of ether oxygens (including phenoxy) is 2. The lowest BCUT2D eigenvalue weighted by molar-refractivity contribution is -0.122. The number of likely N-dealkylation sites (N-methyl/N-ethyl adjacent to an activating group) is 1. The first-order chi connectivity index (χ1) is 30.2. The van der Waals surface area contributed by atoms with Gasteiger partial charge in [-0.2, -0.15) is 0 Å². The number of rotatable bonds is 9. The fourth-order valence-corrected chi connectivity index (χ4v) is 9.09. The number of anilines is 2. The van der Waals surface area contributed by atoms with E-state index < -0.39 is 0 Å². The molecule has 0 unspecified atom stereocenters. The lowest BCUT2D eigenvalue weighted by Crippen LogP contribution is -2.43. The van der Waals surface area contributed by atoms with Gasteiger partial charge in [0.25, 0.3) is 11.8 Å². The Morgan fingerprint density at radius 2 is 1.00 bits per heavy atom. The summed E-state index contributed by atoms with van der Waals surface area (Å²) in [6.07, 6.45) is 8.90. The van der Waals surface area contributed by atoms with E-state index in [2.05, 4.69) is 78.9 Å². The van der Waals surface area contributed by atoms with E-state index in [1.807, 2.05) is 54.3 Å². The average Bonchev–Trinajstić information content (AvgIpc) is 4.13. The van der Waals surface area contributed by atoms with Crippen LogP contribution in [-0.2, 0) is 20.7 Å². The highest BCUT2D eigenvalue weighted by molar-refractivity contribution is 6.00. The van der Waals surface area contributed by atoms with Gasteiger partial charge in [0, 0.05) is 46.4 Å². The number of pyridine rings is 2. The van der Waals surface area contributed by atoms with Crippen molar-refractivity contribution < 1.29 is 19.1 Å². The molecule has 62 heavy (non-hydrogen) atoms. The van der Waals surface area contributed by atoms with E-state index in [9.17, 15) is 9.59 Å². The number of aromatic nitrogens is 2. The van der Waals surface area contributed by atoms with E-state index in [0.717, 1.165) is 88.4 Å². The quantitative estimate of drug-likeness (QED) is 0.147. The Hall–Kier alpha value is -6.36. The third kappa shape index (κ3) is 7.51. The van der Waals surface area contributed by atoms with Crippen LogP contribution in [-0.4, -0.2) is 48.1 Å². The van der Waals surface area contributed by atoms with Gasteiger partial charge in [-0.1, -0.05) is 109 Å². The van der Waals surface area contributed by atoms with Crippen molar-refractivity contribution in [3.63, 3.8) is 0 Å². The number of hydrogen-bond acceptors (Lipinski definition) is 8. The maximum absolute atomic E-state index is 12.6. The van der Waals surface area contributed by atoms with Gasteiger partial charge in [0.05, 0.1) is 11.4 Å². The standard InChI is InChI=1S/C27H27N3O2.C25H25N3O2/c28-27(13-4-14-27)21-11-9-20(10-12-21)25-22(19-5-2-1-3-6-19)15-23-26(29-25)32-17-24(31)30(23)16-18-7-8-18;1-2-28-21-15-20(17-7-4-3-5-8-17)23(27-24(21)30-16-22(28)29)18-9-11-19(12-10-18)25(26)13-6-14-25/h1-3,5-6,9-12,15,18H,4,7-8,13-14,16-17,28H2;3-5,7-12,15H,2,6,13-14,16,26H2,1H3. The number of carbonyl (C=O) groups is 2. The molecule has 4 aromatic carbocycles. The van der Waals surface area contributed by atoms with Gasteiger partial charge >= 0.3 is 0 Å². The van der Waals surface area contributed by atoms with Crippen LogP contribution in [0, 0.1) is 5.92 Å². The van der Waals surface area contributed by atoms with Gasteiger partial charge in [-0.15, -0.1) is 0 Å². The molecule has 11 rings (SSSR count). The molecule has 3 saturated carbocycles. The summed E-state index contributed by atoms with van der Waals surface area (Å²) in [5, 5.41) is 0. The number of nitrogens with zero attached hydrogens (tertiary/aromatic N) is 4. The summed E-state index contributed by atoms with van der Waals surface area (Å²) in [6.45, 7) is 3.36. The number of carbonyl (C=O) groups excluding carboxylic acids is 2. The number of benzene rings is 4. The first-order valence-corrected chi connectivity index (χ1v) is 22.1. The van der Waals surface area contributed by atoms with Gasteiger partial charge in [-0.3, -0.25) is 9.59 Å². The van der Waals surface area contributed by atoms with Crippen LogP contribution in [0.3, 0.4) is 0 Å². The van der Waals surface area contributed by atoms with E-state index in [1.54, 1.807) is 4.90 Å². The molecule has 10 heteroatoms. The molecule has 2 aromatic heterocycles. The fourth-order valence-electron chi connectivity index (χ4n) is 9.09. The molecular formula is C52H52N6O4. The van der Waals surface area contributed by atoms with Crippen molar-refractivity contribution in [1.82, 2.24) is 9.97 Å². The van der Waals surface area contributed by atoms with Crippen LogP contribution in [0.2, 0.25) is 0 Å². The summed E-state index contributed by atoms with van der Waals surface area (Å²) in [5.41, 5.74) is 24.4. The molecule has 3 aliphatic carbocycles. The Morgan fingerprint density at radius 3 is 1.39 bits per heavy atom. The van der Waals surface area contributed by atoms with Gasteiger partial charge in [-0.05, 0) is 98.6 Å². The Labute approximate surface area is 362 Å². The number of amides is 2. The predicted molar refractivity (Wildman–Crippen MR) is 244 cm³/mol. The van der Waals surface area contributed by atoms with Gasteiger partial charge in [-0.25, -0.2) is 9.97 Å². The SMILES string of the molecule is CCN1C(=O)COc2nc(-c3ccc(C4(N)CCC4)cc3)c(-c3ccccc3)cc21.NC1(c2ccc(-c3nc4c(cc3-c3ccccc3)N(CC3CC3)C(=O)CO4)cc2)CCC1. The molecule has 5 aliphatic rings. The third-order valence-electron chi connectivity index (χ3n) is 13.4. The molecule has 4 heterocycles. The minimum Gasteiger partial charge on any atom is -0.466 e. The molecule has 0 radical (unpaired) electrons. The smallest absolute Gasteiger partial charge is 0.265 e. The third-order valence-corrected chi connectivity index (χ3v) is 13.4. The molecule has 6 aromatic rings. The maximum Gasteiger partial charge on any atom is 0.265 e. The summed E-state index contributed by atoms with van der Waals surface area (Å²) in [7, 11) is 0. The second-order valence-corrected chi connectivity index (χ2v) is 17.5. The second kappa shape index (κ2) is 16.2. The number of nitrogens with two attached hydrogens (primary N) is 2. The van der Waals surface area contributed by atoms with E-state index in [-0.39, 0.29) is 36.1 Å². The normalized spacial score (nSPS) is 18.2. The average molecular weight is 825 g/mol. The summed E-state index contributed by atoms with van der Waals surface area (Å²) in [4.78, 5) is 38.4. The summed E-state index contributed by atoms with van der Waals surface area (Å²) in [6, 6.07) is 41.4. The van der Waals surface area contributed by atoms with E-state index in [4.69, 9.17) is 30.9 Å². The van der Waals surface area contributed by atoms with Crippen LogP contribution in [0.1, 0.15) is 69.4 Å². The number of fused-ring (bicyclic) bond motifs is 2. The van der Waals surface area contributed by atoms with Crippen LogP contribution < -0.4 is 30.7 Å². The van der Waals surface area contributed by atoms with Crippen LogP contribution in [0.4, 0.5) is 11.4 Å². The summed E-state index contributed by atoms with van der Waals surface area (Å²) in [5.74, 6) is 1.60. The zero-order valence-corrected chi connectivity index (χ0v) is 35.2. The van der Waals surface area contributed by atoms with Crippen LogP contribution in [0.5, 0.6) is 11.8 Å². The Bertz CT molecular complexity index is 2620. The summed E-state index contributed by atoms with van der Waals surface area (Å²) < 4.78 is 11.5. The highest BCUT2D eigenvalue weighted by Crippen LogP contribution is 2.45. The highest BCUT2D eigenvalue weighted by atomic mass is 16.5. The predicted octanol–water partition coefficient (Wildman–Crippen LogP) is 9.39. The molecule has 0 bridgehead atoms. The van der Waals surface area contributed by atoms with Gasteiger partial charge in [0.15, 0.2) is 13.2 Å². The summed E-state index contributed by atoms with van der Waals surface area (Å²) >= 11 is 0. The molecule has 0 spiro atoms. The minimum absolute atomic E-state index is 0.0102. The molecule has 0 atom stereocenters. The molecule has 4 N–H and O–H groups in total. The van der Waals surface area contributed by atoms with Crippen molar-refractivity contribution in [2.75, 3.05) is 36.1 Å². The van der Waals surface area contributed by atoms with Gasteiger partial charge in [0.1, 0.15) is 11.4 Å². The van der Waals surface area contributed by atoms with Crippen molar-refractivity contribution in [3.8, 4) is 56.5 Å². The molecular weight excluding hydrogens is 773 g/mol. The second-order valence-electron chi connectivity index (χ2n) is 17.5. The van der Waals surface area contributed by atoms with E-state index in [0.29, 0.717) is 24.2 Å². The lowest BCUT2D eigenvalue weighted by atomic mass is 9.72. The minimum atomic E-state index is -0.185. The highest BCUT2D eigenvalue weighted by Gasteiger charge is 2.37. The van der Waals surface area contributed by atoms with Crippen LogP contribution in [0.15, 0.2) is 121 Å². The first kappa shape index (κ1) is 39.8. The Kier molecular flexibility index (Phi) is 10.4. The van der Waals surface area contributed by atoms with Crippen molar-refractivity contribution in [2.24, 2.45) is 17.4 Å². The molecule has 10 nitrogen and oxygen atoms in total. The van der Waals surface area contributed by atoms with Gasteiger partial charge in [0.2, 0.25) is 11.8 Å². The largest absolute Gasteiger partial charge is 0.466 e. The Morgan fingerprint density at radius 1 is 0.581 bits per heavy atom. The van der Waals surface area contributed by atoms with E-state index >= 15 is 0 Å². The van der Waals surface area contributed by atoms with Crippen molar-refractivity contribution in [2.45, 2.75) is 69.4 Å². The zero-order valence-electron chi connectivity index (χ0n) is 35.2. The van der Waals surface area contributed by atoms with Crippen molar-refractivity contribution in [3.05, 3.63) is 132 Å². The first-order valence-electron chi connectivity index (χ1n) is 22.1. The molecule has 314 valence electrons. The fraction of sp³-hybridized carbons (Fsp3) is 0.308. The van der Waals surface area contributed by atoms with Crippen LogP contribution in [0.25, 0.3) is 44.8 Å². The molecule has 2 aliphatic heterocycles. The number of hydrogen-bond donors (Lipinski definition) is 2. The van der Waals surface area contributed by atoms with Crippen molar-refractivity contribution >= 4 is 23.2 Å². The lowest BCUT2D eigenvalue weighted by Gasteiger charge is -2.38. The monoisotopic (exact) mass is 824 g/mol. The topological polar surface area (TPSA) is 137 Å². The zero-order chi connectivity index (χ0) is 42.4.